The van der Waals surface area contributed by atoms with Crippen LogP contribution in [0.2, 0.25) is 0 Å². The molecule has 0 atom stereocenters. The molecule has 0 aliphatic rings. The van der Waals surface area contributed by atoms with E-state index in [1.165, 1.54) is 6.07 Å². The van der Waals surface area contributed by atoms with Crippen molar-refractivity contribution in [3.8, 4) is 0 Å². The molecule has 3 rings (SSSR count). The minimum absolute atomic E-state index is 0.142. The molecule has 0 spiro atoms. The summed E-state index contributed by atoms with van der Waals surface area (Å²) in [5, 5.41) is 13.5. The van der Waals surface area contributed by atoms with Gasteiger partial charge in [0, 0.05) is 17.3 Å². The Balaban J connectivity index is 1.96. The molecule has 0 saturated carbocycles. The average molecular weight is 362 g/mol. The topological polar surface area (TPSA) is 72.2 Å². The largest absolute Gasteiger partial charge is 0.322 e. The predicted molar refractivity (Wildman–Crippen MR) is 102 cm³/mol. The van der Waals surface area contributed by atoms with Crippen LogP contribution >= 0.6 is 0 Å². The molecule has 5 nitrogen and oxygen atoms in total. The third kappa shape index (κ3) is 4.43. The number of nitrogens with zero attached hydrogens (tertiary/aromatic N) is 1. The zero-order valence-corrected chi connectivity index (χ0v) is 14.1. The molecule has 1 N–H and O–H groups in total. The highest BCUT2D eigenvalue weighted by Crippen LogP contribution is 2.24. The quantitative estimate of drug-likeness (QED) is 0.303. The smallest absolute Gasteiger partial charge is 0.306 e. The summed E-state index contributed by atoms with van der Waals surface area (Å²) < 4.78 is 13.5. The van der Waals surface area contributed by atoms with Crippen molar-refractivity contribution in [1.82, 2.24) is 0 Å². The number of carbonyl (C=O) groups is 1. The Morgan fingerprint density at radius 3 is 2.22 bits per heavy atom. The van der Waals surface area contributed by atoms with Gasteiger partial charge >= 0.3 is 5.69 Å². The minimum Gasteiger partial charge on any atom is -0.322 e. The molecule has 1 amide bonds. The summed E-state index contributed by atoms with van der Waals surface area (Å²) in [5.74, 6) is -1.41. The lowest BCUT2D eigenvalue weighted by Crippen LogP contribution is -2.14. The molecule has 0 heterocycles. The maximum atomic E-state index is 13.5. The van der Waals surface area contributed by atoms with E-state index in [1.807, 2.05) is 48.5 Å². The minimum atomic E-state index is -0.957. The maximum Gasteiger partial charge on any atom is 0.306 e. The van der Waals surface area contributed by atoms with Crippen molar-refractivity contribution in [2.45, 2.75) is 0 Å². The van der Waals surface area contributed by atoms with Gasteiger partial charge in [0.25, 0.3) is 5.91 Å². The summed E-state index contributed by atoms with van der Waals surface area (Å²) in [6, 6.07) is 21.6. The lowest BCUT2D eigenvalue weighted by Gasteiger charge is -2.10. The molecular weight excluding hydrogens is 347 g/mol. The van der Waals surface area contributed by atoms with Gasteiger partial charge in [-0.3, -0.25) is 14.9 Å². The van der Waals surface area contributed by atoms with Gasteiger partial charge < -0.3 is 5.32 Å². The summed E-state index contributed by atoms with van der Waals surface area (Å²) in [4.78, 5) is 22.9. The molecule has 0 saturated heterocycles. The first kappa shape index (κ1) is 18.0. The van der Waals surface area contributed by atoms with Crippen molar-refractivity contribution < 1.29 is 14.1 Å². The molecule has 0 radical (unpaired) electrons. The number of hydrogen-bond acceptors (Lipinski definition) is 3. The number of rotatable bonds is 5. The molecular formula is C21H15FN2O3. The Labute approximate surface area is 154 Å². The molecule has 0 aromatic heterocycles. The zero-order valence-electron chi connectivity index (χ0n) is 14.1. The number of nitro groups is 1. The average Bonchev–Trinajstić information content (AvgIpc) is 2.69. The van der Waals surface area contributed by atoms with Gasteiger partial charge in [-0.15, -0.1) is 0 Å². The van der Waals surface area contributed by atoms with E-state index >= 15 is 0 Å². The molecule has 134 valence electrons. The van der Waals surface area contributed by atoms with Crippen LogP contribution in [0.3, 0.4) is 0 Å². The Morgan fingerprint density at radius 1 is 0.963 bits per heavy atom. The molecule has 3 aromatic carbocycles. The van der Waals surface area contributed by atoms with Crippen molar-refractivity contribution in [3.05, 3.63) is 106 Å². The van der Waals surface area contributed by atoms with Crippen LogP contribution in [0.25, 0.3) is 11.6 Å². The summed E-state index contributed by atoms with van der Waals surface area (Å²) in [6.45, 7) is 0. The van der Waals surface area contributed by atoms with Crippen LogP contribution in [0.1, 0.15) is 11.1 Å². The van der Waals surface area contributed by atoms with Gasteiger partial charge in [0.2, 0.25) is 5.82 Å². The first-order chi connectivity index (χ1) is 13.0. The normalized spacial score (nSPS) is 11.1. The second-order valence-corrected chi connectivity index (χ2v) is 5.71. The van der Waals surface area contributed by atoms with E-state index in [-0.39, 0.29) is 5.69 Å². The Bertz CT molecular complexity index is 1000. The van der Waals surface area contributed by atoms with Crippen LogP contribution in [0, 0.1) is 15.9 Å². The highest BCUT2D eigenvalue weighted by Gasteiger charge is 2.17. The summed E-state index contributed by atoms with van der Waals surface area (Å²) in [7, 11) is 0. The van der Waals surface area contributed by atoms with Crippen molar-refractivity contribution in [2.24, 2.45) is 0 Å². The zero-order chi connectivity index (χ0) is 19.2. The second kappa shape index (κ2) is 8.05. The molecule has 3 aromatic rings. The van der Waals surface area contributed by atoms with E-state index in [4.69, 9.17) is 0 Å². The monoisotopic (exact) mass is 362 g/mol. The summed E-state index contributed by atoms with van der Waals surface area (Å²) >= 11 is 0. The third-order valence-corrected chi connectivity index (χ3v) is 3.84. The first-order valence-corrected chi connectivity index (χ1v) is 8.12. The van der Waals surface area contributed by atoms with Crippen molar-refractivity contribution in [1.29, 1.82) is 0 Å². The number of nitro benzene ring substituents is 1. The highest BCUT2D eigenvalue weighted by molar-refractivity contribution is 6.29. The highest BCUT2D eigenvalue weighted by atomic mass is 19.1. The number of nitrogens with one attached hydrogen (secondary N) is 1. The SMILES string of the molecule is O=C(Nc1ccc(F)c([N+](=O)[O-])c1)C(=Cc1ccccc1)c1ccccc1. The van der Waals surface area contributed by atoms with Gasteiger partial charge in [0.05, 0.1) is 4.92 Å². The molecule has 6 heteroatoms. The van der Waals surface area contributed by atoms with Crippen LogP contribution in [0.4, 0.5) is 15.8 Å². The molecule has 0 bridgehead atoms. The number of anilines is 1. The number of hydrogen-bond donors (Lipinski definition) is 1. The fraction of sp³-hybridized carbons (Fsp3) is 0. The third-order valence-electron chi connectivity index (χ3n) is 3.84. The van der Waals surface area contributed by atoms with E-state index < -0.39 is 22.3 Å². The van der Waals surface area contributed by atoms with Gasteiger partial charge in [-0.25, -0.2) is 0 Å². The van der Waals surface area contributed by atoms with E-state index in [2.05, 4.69) is 5.32 Å². The molecule has 0 aliphatic heterocycles. The van der Waals surface area contributed by atoms with E-state index in [1.54, 1.807) is 18.2 Å². The fourth-order valence-corrected chi connectivity index (χ4v) is 2.54. The van der Waals surface area contributed by atoms with Gasteiger partial charge in [-0.05, 0) is 29.3 Å². The van der Waals surface area contributed by atoms with Crippen molar-refractivity contribution in [2.75, 3.05) is 5.32 Å². The van der Waals surface area contributed by atoms with E-state index in [0.29, 0.717) is 11.1 Å². The number of carbonyl (C=O) groups excluding carboxylic acids is 1. The molecule has 0 aliphatic carbocycles. The lowest BCUT2D eigenvalue weighted by molar-refractivity contribution is -0.387. The maximum absolute atomic E-state index is 13.5. The standard InChI is InChI=1S/C21H15FN2O3/c22-19-12-11-17(14-20(19)24(26)27)23-21(25)18(16-9-5-2-6-10-16)13-15-7-3-1-4-8-15/h1-14H,(H,23,25). The predicted octanol–water partition coefficient (Wildman–Crippen LogP) is 4.91. The lowest BCUT2D eigenvalue weighted by atomic mass is 10.0. The summed E-state index contributed by atoms with van der Waals surface area (Å²) in [6.07, 6.45) is 1.72. The van der Waals surface area contributed by atoms with Gasteiger partial charge in [0.1, 0.15) is 0 Å². The Morgan fingerprint density at radius 2 is 1.59 bits per heavy atom. The van der Waals surface area contributed by atoms with Crippen LogP contribution in [0.5, 0.6) is 0 Å². The van der Waals surface area contributed by atoms with Crippen molar-refractivity contribution in [3.63, 3.8) is 0 Å². The van der Waals surface area contributed by atoms with Crippen LogP contribution in [0.15, 0.2) is 78.9 Å². The van der Waals surface area contributed by atoms with E-state index in [9.17, 15) is 19.3 Å². The van der Waals surface area contributed by atoms with Crippen molar-refractivity contribution >= 4 is 28.9 Å². The van der Waals surface area contributed by atoms with Crippen LogP contribution < -0.4 is 5.32 Å². The number of benzene rings is 3. The first-order valence-electron chi connectivity index (χ1n) is 8.12. The summed E-state index contributed by atoms with van der Waals surface area (Å²) in [5.41, 5.74) is 1.35. The second-order valence-electron chi connectivity index (χ2n) is 5.71. The van der Waals surface area contributed by atoms with E-state index in [0.717, 1.165) is 17.7 Å². The molecule has 0 fully saturated rings. The Hall–Kier alpha value is -3.80. The number of halogens is 1. The van der Waals surface area contributed by atoms with Gasteiger partial charge in [-0.2, -0.15) is 4.39 Å². The van der Waals surface area contributed by atoms with Gasteiger partial charge in [0.15, 0.2) is 0 Å². The van der Waals surface area contributed by atoms with Gasteiger partial charge in [-0.1, -0.05) is 60.7 Å². The Kier molecular flexibility index (Phi) is 5.37. The van der Waals surface area contributed by atoms with Crippen LogP contribution in [-0.4, -0.2) is 10.8 Å². The number of amides is 1. The van der Waals surface area contributed by atoms with Crippen LogP contribution in [-0.2, 0) is 4.79 Å². The molecule has 0 unspecified atom stereocenters. The fourth-order valence-electron chi connectivity index (χ4n) is 2.54. The molecule has 27 heavy (non-hydrogen) atoms.